The Morgan fingerprint density at radius 2 is 2.15 bits per heavy atom. The molecule has 2 N–H and O–H groups in total. The normalized spacial score (nSPS) is 22.2. The fraction of sp³-hybridized carbons (Fsp3) is 0.562. The second-order valence-electron chi connectivity index (χ2n) is 5.81. The van der Waals surface area contributed by atoms with Crippen LogP contribution in [-0.2, 0) is 4.79 Å². The minimum atomic E-state index is -0.717. The largest absolute Gasteiger partial charge is 0.496 e. The molecule has 0 spiro atoms. The second-order valence-corrected chi connectivity index (χ2v) is 5.81. The minimum Gasteiger partial charge on any atom is -0.496 e. The number of carbonyl (C=O) groups is 1. The van der Waals surface area contributed by atoms with Crippen LogP contribution >= 0.6 is 0 Å². The van der Waals surface area contributed by atoms with E-state index in [1.165, 1.54) is 11.1 Å². The molecule has 1 aliphatic rings. The van der Waals surface area contributed by atoms with Crippen LogP contribution in [0.25, 0.3) is 0 Å². The zero-order valence-corrected chi connectivity index (χ0v) is 12.6. The van der Waals surface area contributed by atoms with Gasteiger partial charge in [0.05, 0.1) is 13.0 Å². The first-order valence-corrected chi connectivity index (χ1v) is 7.09. The summed E-state index contributed by atoms with van der Waals surface area (Å²) in [4.78, 5) is 11.1. The lowest BCUT2D eigenvalue weighted by Crippen LogP contribution is -2.18. The van der Waals surface area contributed by atoms with Crippen molar-refractivity contribution in [2.24, 2.45) is 5.92 Å². The van der Waals surface area contributed by atoms with E-state index in [-0.39, 0.29) is 12.0 Å². The lowest BCUT2D eigenvalue weighted by molar-refractivity contribution is -0.141. The van der Waals surface area contributed by atoms with Crippen molar-refractivity contribution in [2.45, 2.75) is 39.2 Å². The van der Waals surface area contributed by atoms with Gasteiger partial charge < -0.3 is 15.2 Å². The molecule has 1 fully saturated rings. The maximum atomic E-state index is 11.1. The molecule has 0 aliphatic carbocycles. The third kappa shape index (κ3) is 2.66. The molecule has 1 aromatic carbocycles. The molecule has 0 bridgehead atoms. The number of benzene rings is 1. The Kier molecular flexibility index (Phi) is 4.33. The molecule has 2 unspecified atom stereocenters. The molecule has 0 amide bonds. The molecule has 4 heteroatoms. The van der Waals surface area contributed by atoms with Crippen molar-refractivity contribution in [1.29, 1.82) is 0 Å². The van der Waals surface area contributed by atoms with E-state index in [9.17, 15) is 4.79 Å². The highest BCUT2D eigenvalue weighted by Crippen LogP contribution is 2.39. The maximum Gasteiger partial charge on any atom is 0.307 e. The Morgan fingerprint density at radius 1 is 1.45 bits per heavy atom. The van der Waals surface area contributed by atoms with Gasteiger partial charge in [-0.25, -0.2) is 0 Å². The Balaban J connectivity index is 2.40. The topological polar surface area (TPSA) is 58.6 Å². The van der Waals surface area contributed by atoms with E-state index >= 15 is 0 Å². The Hall–Kier alpha value is -1.55. The van der Waals surface area contributed by atoms with Crippen LogP contribution < -0.4 is 10.1 Å². The molecule has 0 saturated carbocycles. The van der Waals surface area contributed by atoms with E-state index in [1.54, 1.807) is 7.11 Å². The summed E-state index contributed by atoms with van der Waals surface area (Å²) in [5.41, 5.74) is 3.48. The third-order valence-corrected chi connectivity index (χ3v) is 4.06. The summed E-state index contributed by atoms with van der Waals surface area (Å²) in [6, 6.07) is 4.26. The van der Waals surface area contributed by atoms with Crippen LogP contribution in [0.15, 0.2) is 12.1 Å². The van der Waals surface area contributed by atoms with Crippen LogP contribution in [0.1, 0.15) is 48.9 Å². The van der Waals surface area contributed by atoms with Crippen LogP contribution in [0.5, 0.6) is 5.75 Å². The fourth-order valence-corrected chi connectivity index (χ4v) is 3.05. The monoisotopic (exact) mass is 277 g/mol. The van der Waals surface area contributed by atoms with Crippen LogP contribution in [0, 0.1) is 12.8 Å². The number of hydrogen-bond donors (Lipinski definition) is 2. The van der Waals surface area contributed by atoms with Crippen molar-refractivity contribution in [2.75, 3.05) is 13.7 Å². The van der Waals surface area contributed by atoms with Crippen LogP contribution in [0.2, 0.25) is 0 Å². The molecule has 4 nitrogen and oxygen atoms in total. The molecule has 1 aromatic rings. The zero-order valence-electron chi connectivity index (χ0n) is 12.6. The van der Waals surface area contributed by atoms with Crippen molar-refractivity contribution < 1.29 is 14.6 Å². The van der Waals surface area contributed by atoms with Gasteiger partial charge in [-0.1, -0.05) is 26.0 Å². The Bertz CT molecular complexity index is 511. The van der Waals surface area contributed by atoms with Gasteiger partial charge in [-0.3, -0.25) is 4.79 Å². The average Bonchev–Trinajstić information content (AvgIpc) is 2.87. The smallest absolute Gasteiger partial charge is 0.307 e. The van der Waals surface area contributed by atoms with Gasteiger partial charge in [-0.2, -0.15) is 0 Å². The lowest BCUT2D eigenvalue weighted by atomic mass is 9.88. The van der Waals surface area contributed by atoms with Crippen molar-refractivity contribution in [1.82, 2.24) is 5.32 Å². The molecule has 0 radical (unpaired) electrons. The molecule has 2 rings (SSSR count). The summed E-state index contributed by atoms with van der Waals surface area (Å²) in [6.07, 6.45) is 0.640. The number of ether oxygens (including phenoxy) is 1. The molecular formula is C16H23NO3. The fourth-order valence-electron chi connectivity index (χ4n) is 3.05. The molecule has 1 saturated heterocycles. The van der Waals surface area contributed by atoms with E-state index in [2.05, 4.69) is 31.3 Å². The maximum absolute atomic E-state index is 11.1. The molecule has 0 aromatic heterocycles. The van der Waals surface area contributed by atoms with Crippen LogP contribution in [0.3, 0.4) is 0 Å². The summed E-state index contributed by atoms with van der Waals surface area (Å²) in [6.45, 7) is 6.86. The first-order valence-electron chi connectivity index (χ1n) is 7.09. The van der Waals surface area contributed by atoms with E-state index in [4.69, 9.17) is 9.84 Å². The summed E-state index contributed by atoms with van der Waals surface area (Å²) < 4.78 is 5.57. The summed E-state index contributed by atoms with van der Waals surface area (Å²) in [5.74, 6) is 0.251. The van der Waals surface area contributed by atoms with E-state index < -0.39 is 5.97 Å². The summed E-state index contributed by atoms with van der Waals surface area (Å²) >= 11 is 0. The molecule has 2 atom stereocenters. The van der Waals surface area contributed by atoms with Gasteiger partial charge in [-0.15, -0.1) is 0 Å². The molecule has 20 heavy (non-hydrogen) atoms. The zero-order chi connectivity index (χ0) is 14.9. The summed E-state index contributed by atoms with van der Waals surface area (Å²) in [5, 5.41) is 12.5. The summed E-state index contributed by atoms with van der Waals surface area (Å²) in [7, 11) is 1.69. The van der Waals surface area contributed by atoms with Crippen molar-refractivity contribution >= 4 is 5.97 Å². The van der Waals surface area contributed by atoms with Crippen molar-refractivity contribution in [3.63, 3.8) is 0 Å². The molecule has 1 aliphatic heterocycles. The van der Waals surface area contributed by atoms with E-state index in [0.717, 1.165) is 11.3 Å². The highest BCUT2D eigenvalue weighted by molar-refractivity contribution is 5.71. The highest BCUT2D eigenvalue weighted by atomic mass is 16.5. The second kappa shape index (κ2) is 5.83. The predicted molar refractivity (Wildman–Crippen MR) is 78.3 cm³/mol. The minimum absolute atomic E-state index is 0.100. The van der Waals surface area contributed by atoms with Crippen molar-refractivity contribution in [3.8, 4) is 5.75 Å². The lowest BCUT2D eigenvalue weighted by Gasteiger charge is -2.22. The number of hydrogen-bond acceptors (Lipinski definition) is 3. The van der Waals surface area contributed by atoms with Gasteiger partial charge in [0.2, 0.25) is 0 Å². The number of carboxylic acids is 1. The van der Waals surface area contributed by atoms with Crippen LogP contribution in [0.4, 0.5) is 0 Å². The van der Waals surface area contributed by atoms with Gasteiger partial charge >= 0.3 is 5.97 Å². The number of aliphatic carboxylic acids is 1. The first kappa shape index (κ1) is 14.9. The predicted octanol–water partition coefficient (Wildman–Crippen LogP) is 2.86. The first-order chi connectivity index (χ1) is 9.45. The van der Waals surface area contributed by atoms with E-state index in [0.29, 0.717) is 18.9 Å². The van der Waals surface area contributed by atoms with Gasteiger partial charge in [0.25, 0.3) is 0 Å². The average molecular weight is 277 g/mol. The highest BCUT2D eigenvalue weighted by Gasteiger charge is 2.32. The van der Waals surface area contributed by atoms with Gasteiger partial charge in [0.1, 0.15) is 5.75 Å². The number of methoxy groups -OCH3 is 1. The standard InChI is InChI=1S/C16H23NO3/c1-9(2)14-12(6-5-10(3)15(14)20-4)13-7-11(8-17-13)16(18)19/h5-6,9,11,13,17H,7-8H2,1-4H3,(H,18,19). The molecule has 110 valence electrons. The van der Waals surface area contributed by atoms with Crippen LogP contribution in [-0.4, -0.2) is 24.7 Å². The molecular weight excluding hydrogens is 254 g/mol. The Morgan fingerprint density at radius 3 is 2.65 bits per heavy atom. The number of aryl methyl sites for hydroxylation is 1. The van der Waals surface area contributed by atoms with Gasteiger partial charge in [-0.05, 0) is 30.4 Å². The number of rotatable bonds is 4. The number of nitrogens with one attached hydrogen (secondary N) is 1. The van der Waals surface area contributed by atoms with Crippen molar-refractivity contribution in [3.05, 3.63) is 28.8 Å². The van der Waals surface area contributed by atoms with Gasteiger partial charge in [0.15, 0.2) is 0 Å². The number of carboxylic acid groups (broad SMARTS) is 1. The third-order valence-electron chi connectivity index (χ3n) is 4.06. The Labute approximate surface area is 120 Å². The molecule has 1 heterocycles. The van der Waals surface area contributed by atoms with E-state index in [1.807, 2.05) is 6.92 Å². The quantitative estimate of drug-likeness (QED) is 0.888. The SMILES string of the molecule is COc1c(C)ccc(C2CC(C(=O)O)CN2)c1C(C)C. The van der Waals surface area contributed by atoms with Gasteiger partial charge in [0, 0.05) is 18.2 Å².